The molecule has 0 aliphatic rings. The molecule has 0 spiro atoms. The summed E-state index contributed by atoms with van der Waals surface area (Å²) in [6.45, 7) is 0. The molecule has 52 valence electrons. The van der Waals surface area contributed by atoms with Gasteiger partial charge in [0.1, 0.15) is 0 Å². The molecule has 1 heterocycles. The fourth-order valence-electron chi connectivity index (χ4n) is 0.995. The van der Waals surface area contributed by atoms with Crippen LogP contribution in [0.15, 0.2) is 36.5 Å². The summed E-state index contributed by atoms with van der Waals surface area (Å²) in [6, 6.07) is 10.3. The average molecular weight is 157 g/mol. The standard InChI is InChI=1S/C8H7N.Na.H2O/c1-2-4-8-7(3-1)5-6-9-8;;/h1-6,9H;;1H2/q;+1;/p-1. The summed E-state index contributed by atoms with van der Waals surface area (Å²) in [5.74, 6) is 0. The fourth-order valence-corrected chi connectivity index (χ4v) is 0.995. The Morgan fingerprint density at radius 3 is 2.45 bits per heavy atom. The van der Waals surface area contributed by atoms with Gasteiger partial charge in [-0.3, -0.25) is 0 Å². The molecule has 2 N–H and O–H groups in total. The maximum atomic E-state index is 3.12. The number of nitrogens with one attached hydrogen (secondary N) is 1. The Hall–Kier alpha value is -0.280. The zero-order valence-corrected chi connectivity index (χ0v) is 8.41. The van der Waals surface area contributed by atoms with E-state index in [1.54, 1.807) is 0 Å². The van der Waals surface area contributed by atoms with Crippen molar-refractivity contribution >= 4 is 10.9 Å². The van der Waals surface area contributed by atoms with Gasteiger partial charge in [0, 0.05) is 11.7 Å². The summed E-state index contributed by atoms with van der Waals surface area (Å²) >= 11 is 0. The second kappa shape index (κ2) is 4.57. The van der Waals surface area contributed by atoms with Crippen molar-refractivity contribution in [1.29, 1.82) is 0 Å². The molecule has 0 fully saturated rings. The predicted octanol–water partition coefficient (Wildman–Crippen LogP) is -1.00. The van der Waals surface area contributed by atoms with Gasteiger partial charge in [0.2, 0.25) is 0 Å². The number of hydrogen-bond acceptors (Lipinski definition) is 1. The first-order chi connectivity index (χ1) is 4.47. The van der Waals surface area contributed by atoms with Crippen molar-refractivity contribution in [1.82, 2.24) is 4.98 Å². The van der Waals surface area contributed by atoms with Gasteiger partial charge in [-0.05, 0) is 17.5 Å². The molecule has 11 heavy (non-hydrogen) atoms. The average Bonchev–Trinajstić information content (AvgIpc) is 2.33. The molecule has 0 aliphatic carbocycles. The molecule has 0 saturated heterocycles. The molecular formula is C8H8NNaO. The Labute approximate surface area is 87.2 Å². The maximum Gasteiger partial charge on any atom is 1.00 e. The van der Waals surface area contributed by atoms with Crippen LogP contribution in [0, 0.1) is 0 Å². The van der Waals surface area contributed by atoms with Gasteiger partial charge in [0.25, 0.3) is 0 Å². The van der Waals surface area contributed by atoms with Crippen LogP contribution in [-0.2, 0) is 0 Å². The molecule has 0 unspecified atom stereocenters. The van der Waals surface area contributed by atoms with Crippen molar-refractivity contribution in [3.8, 4) is 0 Å². The molecule has 0 saturated carbocycles. The molecule has 0 amide bonds. The number of hydrogen-bond donors (Lipinski definition) is 1. The number of rotatable bonds is 0. The van der Waals surface area contributed by atoms with Crippen LogP contribution in [0.2, 0.25) is 0 Å². The third-order valence-electron chi connectivity index (χ3n) is 1.46. The third-order valence-corrected chi connectivity index (χ3v) is 1.46. The molecule has 0 atom stereocenters. The maximum absolute atomic E-state index is 3.12. The van der Waals surface area contributed by atoms with E-state index in [9.17, 15) is 0 Å². The first kappa shape index (κ1) is 10.7. The number of para-hydroxylation sites is 1. The molecule has 1 aromatic heterocycles. The normalized spacial score (nSPS) is 8.36. The van der Waals surface area contributed by atoms with Crippen LogP contribution in [0.1, 0.15) is 0 Å². The van der Waals surface area contributed by atoms with Crippen molar-refractivity contribution in [3.63, 3.8) is 0 Å². The minimum Gasteiger partial charge on any atom is -0.870 e. The zero-order valence-electron chi connectivity index (χ0n) is 6.41. The van der Waals surface area contributed by atoms with E-state index in [1.807, 2.05) is 18.3 Å². The monoisotopic (exact) mass is 157 g/mol. The van der Waals surface area contributed by atoms with Gasteiger partial charge < -0.3 is 10.5 Å². The van der Waals surface area contributed by atoms with E-state index in [1.165, 1.54) is 10.9 Å². The summed E-state index contributed by atoms with van der Waals surface area (Å²) < 4.78 is 0. The summed E-state index contributed by atoms with van der Waals surface area (Å²) in [6.07, 6.45) is 1.95. The van der Waals surface area contributed by atoms with E-state index in [-0.39, 0.29) is 35.0 Å². The van der Waals surface area contributed by atoms with Crippen LogP contribution in [0.3, 0.4) is 0 Å². The summed E-state index contributed by atoms with van der Waals surface area (Å²) in [5.41, 5.74) is 1.21. The van der Waals surface area contributed by atoms with Gasteiger partial charge in [-0.2, -0.15) is 0 Å². The summed E-state index contributed by atoms with van der Waals surface area (Å²) in [7, 11) is 0. The molecule has 2 rings (SSSR count). The number of aromatic amines is 1. The summed E-state index contributed by atoms with van der Waals surface area (Å²) in [5, 5.41) is 1.28. The largest absolute Gasteiger partial charge is 1.00 e. The number of H-pyrrole nitrogens is 1. The molecule has 0 radical (unpaired) electrons. The van der Waals surface area contributed by atoms with Gasteiger partial charge in [-0.1, -0.05) is 18.2 Å². The number of benzene rings is 1. The molecule has 0 bridgehead atoms. The Bertz CT molecular complexity index is 288. The van der Waals surface area contributed by atoms with E-state index in [2.05, 4.69) is 23.2 Å². The second-order valence-electron chi connectivity index (χ2n) is 2.06. The minimum atomic E-state index is 0. The van der Waals surface area contributed by atoms with Gasteiger partial charge in [0.15, 0.2) is 0 Å². The van der Waals surface area contributed by atoms with Crippen LogP contribution in [0.5, 0.6) is 0 Å². The predicted molar refractivity (Wildman–Crippen MR) is 40.2 cm³/mol. The number of fused-ring (bicyclic) bond motifs is 1. The Kier molecular flexibility index (Phi) is 4.45. The van der Waals surface area contributed by atoms with E-state index < -0.39 is 0 Å². The van der Waals surface area contributed by atoms with Crippen LogP contribution in [0.25, 0.3) is 10.9 Å². The van der Waals surface area contributed by atoms with Crippen molar-refractivity contribution in [2.24, 2.45) is 0 Å². The third kappa shape index (κ3) is 2.07. The molecular weight excluding hydrogens is 149 g/mol. The Morgan fingerprint density at radius 2 is 1.73 bits per heavy atom. The van der Waals surface area contributed by atoms with E-state index in [0.29, 0.717) is 0 Å². The van der Waals surface area contributed by atoms with E-state index >= 15 is 0 Å². The Balaban J connectivity index is 0.000000500. The molecule has 1 aromatic carbocycles. The van der Waals surface area contributed by atoms with Crippen molar-refractivity contribution in [2.45, 2.75) is 0 Å². The molecule has 2 aromatic rings. The van der Waals surface area contributed by atoms with Gasteiger partial charge >= 0.3 is 29.6 Å². The van der Waals surface area contributed by atoms with Crippen LogP contribution < -0.4 is 29.6 Å². The van der Waals surface area contributed by atoms with Crippen molar-refractivity contribution in [2.75, 3.05) is 0 Å². The zero-order chi connectivity index (χ0) is 6.10. The quantitative estimate of drug-likeness (QED) is 0.489. The van der Waals surface area contributed by atoms with Gasteiger partial charge in [-0.25, -0.2) is 0 Å². The second-order valence-corrected chi connectivity index (χ2v) is 2.06. The van der Waals surface area contributed by atoms with Crippen LogP contribution in [0.4, 0.5) is 0 Å². The van der Waals surface area contributed by atoms with E-state index in [4.69, 9.17) is 0 Å². The van der Waals surface area contributed by atoms with Crippen LogP contribution >= 0.6 is 0 Å². The van der Waals surface area contributed by atoms with Crippen LogP contribution in [-0.4, -0.2) is 10.5 Å². The van der Waals surface area contributed by atoms with E-state index in [0.717, 1.165) is 0 Å². The molecule has 3 heteroatoms. The van der Waals surface area contributed by atoms with Gasteiger partial charge in [0.05, 0.1) is 0 Å². The van der Waals surface area contributed by atoms with Crippen molar-refractivity contribution in [3.05, 3.63) is 36.5 Å². The smallest absolute Gasteiger partial charge is 0.870 e. The topological polar surface area (TPSA) is 45.8 Å². The minimum absolute atomic E-state index is 0. The first-order valence-electron chi connectivity index (χ1n) is 2.99. The van der Waals surface area contributed by atoms with Crippen molar-refractivity contribution < 1.29 is 35.0 Å². The Morgan fingerprint density at radius 1 is 1.00 bits per heavy atom. The number of aromatic nitrogens is 1. The fraction of sp³-hybridized carbons (Fsp3) is 0. The molecule has 2 nitrogen and oxygen atoms in total. The SMILES string of the molecule is [Na+].[OH-].c1ccc2[nH]ccc2c1. The molecule has 0 aliphatic heterocycles. The van der Waals surface area contributed by atoms with Gasteiger partial charge in [-0.15, -0.1) is 0 Å². The summed E-state index contributed by atoms with van der Waals surface area (Å²) in [4.78, 5) is 3.12. The first-order valence-corrected chi connectivity index (χ1v) is 2.99.